The van der Waals surface area contributed by atoms with Gasteiger partial charge in [-0.2, -0.15) is 5.10 Å². The Morgan fingerprint density at radius 2 is 2.00 bits per heavy atom. The van der Waals surface area contributed by atoms with Crippen LogP contribution in [0.2, 0.25) is 0 Å². The normalized spacial score (nSPS) is 23.0. The number of carbonyl (C=O) groups is 3. The Hall–Kier alpha value is -1.92. The second-order valence-electron chi connectivity index (χ2n) is 5.24. The summed E-state index contributed by atoms with van der Waals surface area (Å²) in [5.74, 6) is -0.542. The van der Waals surface area contributed by atoms with E-state index in [9.17, 15) is 14.4 Å². The van der Waals surface area contributed by atoms with Gasteiger partial charge >= 0.3 is 0 Å². The summed E-state index contributed by atoms with van der Waals surface area (Å²) in [6, 6.07) is 0. The van der Waals surface area contributed by atoms with E-state index in [4.69, 9.17) is 0 Å². The molecule has 1 N–H and O–H groups in total. The van der Waals surface area contributed by atoms with Crippen molar-refractivity contribution in [2.24, 2.45) is 5.10 Å². The molecule has 0 radical (unpaired) electrons. The summed E-state index contributed by atoms with van der Waals surface area (Å²) >= 11 is 0. The molecule has 2 aliphatic heterocycles. The maximum Gasteiger partial charge on any atom is 0.271 e. The standard InChI is InChI=1S/C12H18N4O3/c1-12(2)11(19)13-6-7-16(12)10(18)8-4-5-9(17)15(3)14-8/h4-7H2,1-3H3,(H,13,19). The monoisotopic (exact) mass is 266 g/mol. The number of nitrogens with zero attached hydrogens (tertiary/aromatic N) is 3. The predicted octanol–water partition coefficient (Wildman–Crippen LogP) is -0.668. The number of nitrogens with one attached hydrogen (secondary N) is 1. The number of carbonyl (C=O) groups excluding carboxylic acids is 3. The zero-order chi connectivity index (χ0) is 14.2. The van der Waals surface area contributed by atoms with Gasteiger partial charge in [0, 0.05) is 33.0 Å². The zero-order valence-corrected chi connectivity index (χ0v) is 11.4. The largest absolute Gasteiger partial charge is 0.352 e. The molecule has 0 aromatic rings. The number of hydrogen-bond donors (Lipinski definition) is 1. The predicted molar refractivity (Wildman–Crippen MR) is 68.2 cm³/mol. The molecule has 0 spiro atoms. The molecule has 0 aromatic heterocycles. The fourth-order valence-electron chi connectivity index (χ4n) is 2.23. The number of rotatable bonds is 1. The third kappa shape index (κ3) is 2.32. The van der Waals surface area contributed by atoms with Crippen LogP contribution in [-0.2, 0) is 14.4 Å². The van der Waals surface area contributed by atoms with Crippen LogP contribution in [-0.4, -0.2) is 59.0 Å². The van der Waals surface area contributed by atoms with Crippen molar-refractivity contribution < 1.29 is 14.4 Å². The molecule has 7 heteroatoms. The van der Waals surface area contributed by atoms with Gasteiger partial charge in [0.2, 0.25) is 11.8 Å². The molecule has 0 unspecified atom stereocenters. The molecule has 0 atom stereocenters. The van der Waals surface area contributed by atoms with Crippen LogP contribution in [0.1, 0.15) is 26.7 Å². The maximum absolute atomic E-state index is 12.4. The van der Waals surface area contributed by atoms with Crippen molar-refractivity contribution in [3.63, 3.8) is 0 Å². The fourth-order valence-corrected chi connectivity index (χ4v) is 2.23. The topological polar surface area (TPSA) is 82.1 Å². The van der Waals surface area contributed by atoms with Crippen LogP contribution < -0.4 is 5.32 Å². The highest BCUT2D eigenvalue weighted by molar-refractivity contribution is 6.40. The fraction of sp³-hybridized carbons (Fsp3) is 0.667. The van der Waals surface area contributed by atoms with Gasteiger partial charge < -0.3 is 10.2 Å². The molecule has 7 nitrogen and oxygen atoms in total. The van der Waals surface area contributed by atoms with E-state index in [0.717, 1.165) is 0 Å². The summed E-state index contributed by atoms with van der Waals surface area (Å²) in [6.45, 7) is 4.31. The van der Waals surface area contributed by atoms with E-state index in [1.807, 2.05) is 0 Å². The van der Waals surface area contributed by atoms with Crippen LogP contribution in [0.5, 0.6) is 0 Å². The molecule has 0 aliphatic carbocycles. The lowest BCUT2D eigenvalue weighted by Gasteiger charge is -2.41. The van der Waals surface area contributed by atoms with Crippen LogP contribution in [0, 0.1) is 0 Å². The molecule has 0 aromatic carbocycles. The summed E-state index contributed by atoms with van der Waals surface area (Å²) in [5, 5.41) is 7.93. The first-order valence-corrected chi connectivity index (χ1v) is 6.28. The molecule has 2 aliphatic rings. The quantitative estimate of drug-likeness (QED) is 0.683. The third-order valence-corrected chi connectivity index (χ3v) is 3.55. The van der Waals surface area contributed by atoms with Gasteiger partial charge in [-0.25, -0.2) is 5.01 Å². The average Bonchev–Trinajstić information content (AvgIpc) is 2.35. The van der Waals surface area contributed by atoms with Gasteiger partial charge in [0.1, 0.15) is 11.3 Å². The Bertz CT molecular complexity index is 470. The summed E-state index contributed by atoms with van der Waals surface area (Å²) in [7, 11) is 1.53. The van der Waals surface area contributed by atoms with Crippen LogP contribution in [0.15, 0.2) is 5.10 Å². The number of piperazine rings is 1. The smallest absolute Gasteiger partial charge is 0.271 e. The summed E-state index contributed by atoms with van der Waals surface area (Å²) in [6.07, 6.45) is 0.609. The molecule has 0 bridgehead atoms. The van der Waals surface area contributed by atoms with E-state index in [1.54, 1.807) is 13.8 Å². The van der Waals surface area contributed by atoms with E-state index in [2.05, 4.69) is 10.4 Å². The molecular formula is C12H18N4O3. The maximum atomic E-state index is 12.4. The van der Waals surface area contributed by atoms with Gasteiger partial charge in [-0.3, -0.25) is 14.4 Å². The lowest BCUT2D eigenvalue weighted by atomic mass is 9.97. The molecular weight excluding hydrogens is 248 g/mol. The van der Waals surface area contributed by atoms with Crippen LogP contribution in [0.3, 0.4) is 0 Å². The zero-order valence-electron chi connectivity index (χ0n) is 11.4. The Balaban J connectivity index is 2.22. The Kier molecular flexibility index (Phi) is 3.30. The Morgan fingerprint density at radius 1 is 1.32 bits per heavy atom. The molecule has 3 amide bonds. The average molecular weight is 266 g/mol. The van der Waals surface area contributed by atoms with Crippen molar-refractivity contribution in [3.8, 4) is 0 Å². The van der Waals surface area contributed by atoms with Crippen molar-refractivity contribution in [2.75, 3.05) is 20.1 Å². The minimum Gasteiger partial charge on any atom is -0.352 e. The van der Waals surface area contributed by atoms with E-state index in [1.165, 1.54) is 17.0 Å². The van der Waals surface area contributed by atoms with Crippen molar-refractivity contribution >= 4 is 23.4 Å². The van der Waals surface area contributed by atoms with Gasteiger partial charge in [0.25, 0.3) is 5.91 Å². The molecule has 2 heterocycles. The molecule has 1 fully saturated rings. The lowest BCUT2D eigenvalue weighted by Crippen LogP contribution is -2.64. The van der Waals surface area contributed by atoms with Crippen molar-refractivity contribution in [3.05, 3.63) is 0 Å². The summed E-state index contributed by atoms with van der Waals surface area (Å²) < 4.78 is 0. The first kappa shape index (κ1) is 13.5. The lowest BCUT2D eigenvalue weighted by molar-refractivity contribution is -0.145. The van der Waals surface area contributed by atoms with E-state index >= 15 is 0 Å². The Labute approximate surface area is 111 Å². The highest BCUT2D eigenvalue weighted by atomic mass is 16.2. The molecule has 19 heavy (non-hydrogen) atoms. The van der Waals surface area contributed by atoms with Crippen molar-refractivity contribution in [1.82, 2.24) is 15.2 Å². The summed E-state index contributed by atoms with van der Waals surface area (Å²) in [5.41, 5.74) is -0.553. The van der Waals surface area contributed by atoms with Crippen LogP contribution in [0.25, 0.3) is 0 Å². The first-order valence-electron chi connectivity index (χ1n) is 6.28. The SMILES string of the molecule is CN1N=C(C(=O)N2CCNC(=O)C2(C)C)CCC1=O. The molecule has 2 rings (SSSR count). The second-order valence-corrected chi connectivity index (χ2v) is 5.24. The van der Waals surface area contributed by atoms with Gasteiger partial charge in [-0.05, 0) is 13.8 Å². The highest BCUT2D eigenvalue weighted by Gasteiger charge is 2.42. The number of hydrazone groups is 1. The van der Waals surface area contributed by atoms with E-state index < -0.39 is 5.54 Å². The molecule has 104 valence electrons. The van der Waals surface area contributed by atoms with E-state index in [-0.39, 0.29) is 24.1 Å². The van der Waals surface area contributed by atoms with Crippen molar-refractivity contribution in [2.45, 2.75) is 32.2 Å². The van der Waals surface area contributed by atoms with Gasteiger partial charge in [-0.1, -0.05) is 0 Å². The minimum absolute atomic E-state index is 0.104. The third-order valence-electron chi connectivity index (χ3n) is 3.55. The highest BCUT2D eigenvalue weighted by Crippen LogP contribution is 2.20. The second kappa shape index (κ2) is 4.64. The molecule has 1 saturated heterocycles. The van der Waals surface area contributed by atoms with Crippen LogP contribution >= 0.6 is 0 Å². The van der Waals surface area contributed by atoms with Crippen molar-refractivity contribution in [1.29, 1.82) is 0 Å². The number of amides is 3. The van der Waals surface area contributed by atoms with Crippen LogP contribution in [0.4, 0.5) is 0 Å². The van der Waals surface area contributed by atoms with Gasteiger partial charge in [0.15, 0.2) is 0 Å². The van der Waals surface area contributed by atoms with Gasteiger partial charge in [-0.15, -0.1) is 0 Å². The van der Waals surface area contributed by atoms with Gasteiger partial charge in [0.05, 0.1) is 0 Å². The Morgan fingerprint density at radius 3 is 2.63 bits per heavy atom. The summed E-state index contributed by atoms with van der Waals surface area (Å²) in [4.78, 5) is 37.1. The number of hydrogen-bond acceptors (Lipinski definition) is 4. The first-order chi connectivity index (χ1) is 8.84. The molecule has 0 saturated carbocycles. The van der Waals surface area contributed by atoms with E-state index in [0.29, 0.717) is 25.2 Å². The minimum atomic E-state index is -0.891.